The van der Waals surface area contributed by atoms with Crippen LogP contribution in [0.5, 0.6) is 0 Å². The minimum atomic E-state index is 0.0650. The normalized spacial score (nSPS) is 16.8. The molecule has 2 aliphatic rings. The van der Waals surface area contributed by atoms with Crippen molar-refractivity contribution in [2.75, 3.05) is 33.0 Å². The first-order valence-electron chi connectivity index (χ1n) is 6.91. The van der Waals surface area contributed by atoms with Crippen molar-refractivity contribution in [1.82, 2.24) is 4.57 Å². The highest BCUT2D eigenvalue weighted by atomic mass is 32.2. The van der Waals surface area contributed by atoms with Crippen molar-refractivity contribution in [2.24, 2.45) is 0 Å². The van der Waals surface area contributed by atoms with E-state index >= 15 is 0 Å². The van der Waals surface area contributed by atoms with Gasteiger partial charge in [0.25, 0.3) is 0 Å². The molecule has 0 bridgehead atoms. The molecule has 0 fully saturated rings. The number of rotatable bonds is 8. The van der Waals surface area contributed by atoms with Gasteiger partial charge in [-0.1, -0.05) is 47.0 Å². The lowest BCUT2D eigenvalue weighted by Gasteiger charge is -2.06. The Morgan fingerprint density at radius 1 is 0.864 bits per heavy atom. The lowest BCUT2D eigenvalue weighted by molar-refractivity contribution is 0.0309. The molecular weight excluding hydrogens is 358 g/mol. The molecule has 22 heavy (non-hydrogen) atoms. The zero-order valence-corrected chi connectivity index (χ0v) is 15.2. The fourth-order valence-electron chi connectivity index (χ4n) is 1.91. The fraction of sp³-hybridized carbons (Fsp3) is 0.429. The predicted molar refractivity (Wildman–Crippen MR) is 96.2 cm³/mol. The predicted octanol–water partition coefficient (Wildman–Crippen LogP) is 3.79. The number of thioether (sulfide) groups is 4. The highest BCUT2D eigenvalue weighted by Crippen LogP contribution is 2.57. The third-order valence-corrected chi connectivity index (χ3v) is 8.03. The van der Waals surface area contributed by atoms with Gasteiger partial charge in [0.15, 0.2) is 0 Å². The Morgan fingerprint density at radius 2 is 1.50 bits per heavy atom. The van der Waals surface area contributed by atoms with Crippen LogP contribution in [0, 0.1) is 0 Å². The van der Waals surface area contributed by atoms with E-state index in [-0.39, 0.29) is 6.61 Å². The molecule has 0 saturated carbocycles. The second kappa shape index (κ2) is 8.77. The van der Waals surface area contributed by atoms with Gasteiger partial charge in [-0.25, -0.2) is 0 Å². The Hall–Kier alpha value is 0.0400. The number of aliphatic hydroxyl groups is 1. The molecule has 0 atom stereocenters. The van der Waals surface area contributed by atoms with Crippen LogP contribution in [0.4, 0.5) is 0 Å². The molecule has 0 unspecified atom stereocenters. The molecule has 4 nitrogen and oxygen atoms in total. The molecule has 3 heterocycles. The number of ether oxygens (including phenoxy) is 2. The molecule has 2 aliphatic heterocycles. The summed E-state index contributed by atoms with van der Waals surface area (Å²) < 4.78 is 15.6. The molecule has 1 N–H and O–H groups in total. The van der Waals surface area contributed by atoms with E-state index in [4.69, 9.17) is 14.6 Å². The van der Waals surface area contributed by atoms with Gasteiger partial charge in [0.1, 0.15) is 0 Å². The maximum absolute atomic E-state index is 8.58. The van der Waals surface area contributed by atoms with Gasteiger partial charge >= 0.3 is 0 Å². The van der Waals surface area contributed by atoms with Gasteiger partial charge in [-0.2, -0.15) is 0 Å². The van der Waals surface area contributed by atoms with E-state index in [0.29, 0.717) is 26.4 Å². The van der Waals surface area contributed by atoms with Crippen molar-refractivity contribution in [2.45, 2.75) is 16.3 Å². The zero-order chi connectivity index (χ0) is 15.2. The summed E-state index contributed by atoms with van der Waals surface area (Å²) in [5.74, 6) is 0. The molecule has 1 aromatic heterocycles. The molecule has 3 rings (SSSR count). The van der Waals surface area contributed by atoms with E-state index in [1.54, 1.807) is 0 Å². The average Bonchev–Trinajstić information content (AvgIpc) is 3.21. The summed E-state index contributed by atoms with van der Waals surface area (Å²) in [6.07, 6.45) is 4.40. The Morgan fingerprint density at radius 3 is 2.14 bits per heavy atom. The maximum atomic E-state index is 8.58. The van der Waals surface area contributed by atoms with Crippen molar-refractivity contribution in [3.8, 4) is 0 Å². The molecule has 1 aromatic rings. The first-order valence-corrected chi connectivity index (χ1v) is 10.3. The van der Waals surface area contributed by atoms with Crippen molar-refractivity contribution < 1.29 is 14.6 Å². The Bertz CT molecular complexity index is 535. The summed E-state index contributed by atoms with van der Waals surface area (Å²) in [4.78, 5) is 2.68. The van der Waals surface area contributed by atoms with E-state index in [1.807, 2.05) is 47.0 Å². The van der Waals surface area contributed by atoms with Gasteiger partial charge in [-0.05, 0) is 10.8 Å². The number of aliphatic hydroxyl groups excluding tert-OH is 1. The van der Waals surface area contributed by atoms with E-state index in [0.717, 1.165) is 6.54 Å². The van der Waals surface area contributed by atoms with Gasteiger partial charge in [0.05, 0.1) is 41.5 Å². The van der Waals surface area contributed by atoms with Gasteiger partial charge in [0, 0.05) is 28.7 Å². The summed E-state index contributed by atoms with van der Waals surface area (Å²) in [5, 5.41) is 12.9. The quantitative estimate of drug-likeness (QED) is 0.694. The highest BCUT2D eigenvalue weighted by Gasteiger charge is 2.24. The summed E-state index contributed by atoms with van der Waals surface area (Å²) in [6, 6.07) is 0. The Labute approximate surface area is 147 Å². The smallest absolute Gasteiger partial charge is 0.0707 e. The SMILES string of the molecule is OCCOCCOCCn1cc2c(c1)SC(=C1SC=CS1)S2. The molecule has 0 aromatic carbocycles. The number of nitrogens with zero attached hydrogens (tertiary/aromatic N) is 1. The topological polar surface area (TPSA) is 43.6 Å². The minimum absolute atomic E-state index is 0.0650. The molecule has 0 amide bonds. The van der Waals surface area contributed by atoms with Crippen molar-refractivity contribution in [1.29, 1.82) is 0 Å². The zero-order valence-electron chi connectivity index (χ0n) is 11.9. The molecule has 0 radical (unpaired) electrons. The Kier molecular flexibility index (Phi) is 6.73. The van der Waals surface area contributed by atoms with Gasteiger partial charge in [-0.15, -0.1) is 0 Å². The second-order valence-corrected chi connectivity index (χ2v) is 8.91. The molecule has 0 aliphatic carbocycles. The van der Waals surface area contributed by atoms with Crippen LogP contribution in [0.1, 0.15) is 0 Å². The molecule has 120 valence electrons. The first kappa shape index (κ1) is 16.9. The number of hydrogen-bond donors (Lipinski definition) is 1. The van der Waals surface area contributed by atoms with Crippen molar-refractivity contribution in [3.05, 3.63) is 31.7 Å². The van der Waals surface area contributed by atoms with Crippen LogP contribution in [0.25, 0.3) is 0 Å². The van der Waals surface area contributed by atoms with E-state index in [9.17, 15) is 0 Å². The van der Waals surface area contributed by atoms with Crippen molar-refractivity contribution in [3.63, 3.8) is 0 Å². The van der Waals surface area contributed by atoms with Crippen LogP contribution < -0.4 is 0 Å². The summed E-state index contributed by atoms with van der Waals surface area (Å²) in [7, 11) is 0. The number of aromatic nitrogens is 1. The lowest BCUT2D eigenvalue weighted by Crippen LogP contribution is -2.10. The molecule has 0 spiro atoms. The second-order valence-electron chi connectivity index (χ2n) is 4.46. The largest absolute Gasteiger partial charge is 0.394 e. The fourth-order valence-corrected chi connectivity index (χ4v) is 6.63. The molecular formula is C14H17NO3S4. The van der Waals surface area contributed by atoms with E-state index in [1.165, 1.54) is 18.3 Å². The average molecular weight is 376 g/mol. The number of fused-ring (bicyclic) bond motifs is 1. The van der Waals surface area contributed by atoms with Gasteiger partial charge in [0.2, 0.25) is 0 Å². The monoisotopic (exact) mass is 375 g/mol. The van der Waals surface area contributed by atoms with Crippen LogP contribution in [-0.2, 0) is 16.0 Å². The highest BCUT2D eigenvalue weighted by molar-refractivity contribution is 8.32. The molecule has 8 heteroatoms. The van der Waals surface area contributed by atoms with E-state index in [2.05, 4.69) is 27.8 Å². The maximum Gasteiger partial charge on any atom is 0.0707 e. The summed E-state index contributed by atoms with van der Waals surface area (Å²) >= 11 is 7.34. The molecule has 0 saturated heterocycles. The van der Waals surface area contributed by atoms with Crippen LogP contribution in [0.15, 0.2) is 41.5 Å². The third kappa shape index (κ3) is 4.53. The summed E-state index contributed by atoms with van der Waals surface area (Å²) in [5.41, 5.74) is 0. The van der Waals surface area contributed by atoms with Crippen LogP contribution in [-0.4, -0.2) is 42.7 Å². The van der Waals surface area contributed by atoms with Crippen LogP contribution in [0.2, 0.25) is 0 Å². The lowest BCUT2D eigenvalue weighted by atomic mass is 10.6. The Balaban J connectivity index is 1.39. The number of hydrogen-bond acceptors (Lipinski definition) is 7. The van der Waals surface area contributed by atoms with Crippen LogP contribution in [0.3, 0.4) is 0 Å². The van der Waals surface area contributed by atoms with Crippen LogP contribution >= 0.6 is 47.0 Å². The van der Waals surface area contributed by atoms with E-state index < -0.39 is 0 Å². The van der Waals surface area contributed by atoms with Crippen molar-refractivity contribution >= 4 is 47.0 Å². The summed E-state index contributed by atoms with van der Waals surface area (Å²) in [6.45, 7) is 3.08. The minimum Gasteiger partial charge on any atom is -0.394 e. The third-order valence-electron chi connectivity index (χ3n) is 2.89. The first-order chi connectivity index (χ1) is 10.9. The van der Waals surface area contributed by atoms with Gasteiger partial charge < -0.3 is 19.1 Å². The van der Waals surface area contributed by atoms with Gasteiger partial charge in [-0.3, -0.25) is 0 Å². The standard InChI is InChI=1S/C14H17NO3S4/c16-2-4-18-6-5-17-3-1-15-9-11-12(10-15)22-14(21-11)13-19-7-8-20-13/h7-10,16H,1-6H2.